The Hall–Kier alpha value is -3.37. The molecular formula is C27H21Cl2F4N3O3. The lowest BCUT2D eigenvalue weighted by Gasteiger charge is -2.29. The van der Waals surface area contributed by atoms with Crippen LogP contribution in [0.15, 0.2) is 58.8 Å². The lowest BCUT2D eigenvalue weighted by molar-refractivity contribution is -0.275. The first-order valence-corrected chi connectivity index (χ1v) is 12.8. The molecular weight excluding hydrogens is 561 g/mol. The molecule has 3 aromatic rings. The average molecular weight is 582 g/mol. The van der Waals surface area contributed by atoms with Crippen molar-refractivity contribution >= 4 is 51.8 Å². The van der Waals surface area contributed by atoms with E-state index >= 15 is 0 Å². The molecule has 1 fully saturated rings. The third kappa shape index (κ3) is 5.40. The van der Waals surface area contributed by atoms with Crippen molar-refractivity contribution in [2.24, 2.45) is 16.2 Å². The van der Waals surface area contributed by atoms with Crippen molar-refractivity contribution in [3.63, 3.8) is 0 Å². The van der Waals surface area contributed by atoms with Crippen molar-refractivity contribution in [2.45, 2.75) is 31.0 Å². The van der Waals surface area contributed by atoms with Gasteiger partial charge in [-0.3, -0.25) is 4.79 Å². The zero-order valence-corrected chi connectivity index (χ0v) is 21.7. The van der Waals surface area contributed by atoms with Crippen LogP contribution in [0.5, 0.6) is 0 Å². The van der Waals surface area contributed by atoms with Gasteiger partial charge < -0.3 is 15.0 Å². The van der Waals surface area contributed by atoms with Crippen LogP contribution in [0.3, 0.4) is 0 Å². The van der Waals surface area contributed by atoms with E-state index in [1.165, 1.54) is 18.3 Å². The average Bonchev–Trinajstić information content (AvgIpc) is 3.62. The Morgan fingerprint density at radius 2 is 1.85 bits per heavy atom. The second-order valence-corrected chi connectivity index (χ2v) is 10.1. The maximum atomic E-state index is 14.4. The maximum Gasteiger partial charge on any atom is 0.435 e. The van der Waals surface area contributed by atoms with Gasteiger partial charge in [-0.05, 0) is 47.7 Å². The third-order valence-corrected chi connectivity index (χ3v) is 7.18. The van der Waals surface area contributed by atoms with Crippen LogP contribution < -0.4 is 5.32 Å². The highest BCUT2D eigenvalue weighted by Gasteiger charge is 2.62. The fraction of sp³-hybridized carbons (Fsp3) is 0.296. The van der Waals surface area contributed by atoms with Gasteiger partial charge in [-0.2, -0.15) is 13.2 Å². The molecule has 1 saturated carbocycles. The predicted molar refractivity (Wildman–Crippen MR) is 140 cm³/mol. The van der Waals surface area contributed by atoms with Gasteiger partial charge in [0.2, 0.25) is 0 Å². The molecule has 1 atom stereocenters. The van der Waals surface area contributed by atoms with Crippen LogP contribution in [-0.4, -0.2) is 37.2 Å². The van der Waals surface area contributed by atoms with Gasteiger partial charge in [0, 0.05) is 23.1 Å². The molecule has 204 valence electrons. The van der Waals surface area contributed by atoms with Crippen LogP contribution in [-0.2, 0) is 15.3 Å². The fourth-order valence-electron chi connectivity index (χ4n) is 4.34. The van der Waals surface area contributed by atoms with E-state index in [9.17, 15) is 22.4 Å². The third-order valence-electron chi connectivity index (χ3n) is 6.63. The van der Waals surface area contributed by atoms with Crippen LogP contribution in [0.4, 0.5) is 17.6 Å². The minimum absolute atomic E-state index is 0.00741. The van der Waals surface area contributed by atoms with E-state index in [0.29, 0.717) is 34.4 Å². The summed E-state index contributed by atoms with van der Waals surface area (Å²) in [6.45, 7) is 0.692. The standard InChI is InChI=1S/C27H21Cl2F4N3O3/c28-21-11-16(12-22(29)24(21)30)26(27(31,32)33)13-23(36-39-26)19-7-8-20(18-4-2-1-3-17(18)19)25(37)34-9-10-35-38-14-15-5-6-15/h1-4,7-8,10-12,15H,5-6,9,13-14H2,(H,34,37)/b35-10+. The number of rotatable bonds is 8. The van der Waals surface area contributed by atoms with Crippen LogP contribution in [0.2, 0.25) is 10.0 Å². The molecule has 12 heteroatoms. The monoisotopic (exact) mass is 581 g/mol. The van der Waals surface area contributed by atoms with E-state index in [0.717, 1.165) is 25.0 Å². The van der Waals surface area contributed by atoms with Crippen LogP contribution in [0.25, 0.3) is 10.8 Å². The highest BCUT2D eigenvalue weighted by atomic mass is 35.5. The molecule has 0 aromatic heterocycles. The van der Waals surface area contributed by atoms with Crippen molar-refractivity contribution in [3.05, 3.63) is 81.1 Å². The second kappa shape index (κ2) is 10.7. The largest absolute Gasteiger partial charge is 0.435 e. The summed E-state index contributed by atoms with van der Waals surface area (Å²) < 4.78 is 57.2. The number of hydrogen-bond acceptors (Lipinski definition) is 5. The van der Waals surface area contributed by atoms with Gasteiger partial charge in [0.1, 0.15) is 6.61 Å². The summed E-state index contributed by atoms with van der Waals surface area (Å²) in [5.74, 6) is -0.865. The minimum atomic E-state index is -4.94. The molecule has 0 spiro atoms. The molecule has 39 heavy (non-hydrogen) atoms. The SMILES string of the molecule is O=C(NC/C=N/OCC1CC1)c1ccc(C2=NOC(c3cc(Cl)c(F)c(Cl)c3)(C(F)(F)F)C2)c2ccccc12. The van der Waals surface area contributed by atoms with Gasteiger partial charge in [0.25, 0.3) is 11.5 Å². The Labute approximate surface area is 230 Å². The number of fused-ring (bicyclic) bond motifs is 1. The Kier molecular flexibility index (Phi) is 7.43. The number of alkyl halides is 3. The van der Waals surface area contributed by atoms with E-state index in [-0.39, 0.29) is 12.3 Å². The zero-order valence-electron chi connectivity index (χ0n) is 20.2. The highest BCUT2D eigenvalue weighted by molar-refractivity contribution is 6.35. The smallest absolute Gasteiger partial charge is 0.396 e. The van der Waals surface area contributed by atoms with E-state index in [2.05, 4.69) is 15.6 Å². The summed E-state index contributed by atoms with van der Waals surface area (Å²) in [6.07, 6.45) is -1.93. The number of halogens is 6. The van der Waals surface area contributed by atoms with Gasteiger partial charge in [-0.15, -0.1) is 0 Å². The molecule has 1 amide bonds. The first-order valence-electron chi connectivity index (χ1n) is 12.0. The van der Waals surface area contributed by atoms with E-state index in [1.807, 2.05) is 0 Å². The van der Waals surface area contributed by atoms with Gasteiger partial charge >= 0.3 is 6.18 Å². The lowest BCUT2D eigenvalue weighted by atomic mass is 9.85. The van der Waals surface area contributed by atoms with Gasteiger partial charge in [-0.25, -0.2) is 4.39 Å². The number of carbonyl (C=O) groups excluding carboxylic acids is 1. The molecule has 1 heterocycles. The first kappa shape index (κ1) is 27.2. The molecule has 1 N–H and O–H groups in total. The molecule has 5 rings (SSSR count). The number of nitrogens with zero attached hydrogens (tertiary/aromatic N) is 2. The van der Waals surface area contributed by atoms with Crippen molar-refractivity contribution in [1.82, 2.24) is 5.32 Å². The Balaban J connectivity index is 1.41. The normalized spacial score (nSPS) is 19.3. The number of carbonyl (C=O) groups is 1. The molecule has 0 bridgehead atoms. The minimum Gasteiger partial charge on any atom is -0.396 e. The topological polar surface area (TPSA) is 72.3 Å². The van der Waals surface area contributed by atoms with Crippen LogP contribution >= 0.6 is 23.2 Å². The first-order chi connectivity index (χ1) is 18.6. The summed E-state index contributed by atoms with van der Waals surface area (Å²) in [4.78, 5) is 23.1. The highest BCUT2D eigenvalue weighted by Crippen LogP contribution is 2.50. The van der Waals surface area contributed by atoms with E-state index in [1.54, 1.807) is 24.3 Å². The number of hydrogen-bond donors (Lipinski definition) is 1. The van der Waals surface area contributed by atoms with Crippen molar-refractivity contribution in [3.8, 4) is 0 Å². The molecule has 0 radical (unpaired) electrons. The summed E-state index contributed by atoms with van der Waals surface area (Å²) in [5, 5.41) is 10.2. The number of amides is 1. The molecule has 3 aromatic carbocycles. The van der Waals surface area contributed by atoms with Gasteiger partial charge in [0.15, 0.2) is 5.82 Å². The van der Waals surface area contributed by atoms with Crippen molar-refractivity contribution in [2.75, 3.05) is 13.2 Å². The van der Waals surface area contributed by atoms with Crippen LogP contribution in [0, 0.1) is 11.7 Å². The number of oxime groups is 2. The lowest BCUT2D eigenvalue weighted by Crippen LogP contribution is -2.42. The van der Waals surface area contributed by atoms with Gasteiger partial charge in [0.05, 0.1) is 28.5 Å². The van der Waals surface area contributed by atoms with E-state index < -0.39 is 45.5 Å². The molecule has 6 nitrogen and oxygen atoms in total. The van der Waals surface area contributed by atoms with Crippen molar-refractivity contribution in [1.29, 1.82) is 0 Å². The van der Waals surface area contributed by atoms with E-state index in [4.69, 9.17) is 32.9 Å². The molecule has 0 saturated heterocycles. The van der Waals surface area contributed by atoms with Crippen LogP contribution in [0.1, 0.15) is 40.7 Å². The molecule has 1 aliphatic carbocycles. The quantitative estimate of drug-likeness (QED) is 0.135. The fourth-order valence-corrected chi connectivity index (χ4v) is 4.83. The summed E-state index contributed by atoms with van der Waals surface area (Å²) in [7, 11) is 0. The Morgan fingerprint density at radius 1 is 1.15 bits per heavy atom. The molecule has 1 aliphatic heterocycles. The Morgan fingerprint density at radius 3 is 2.51 bits per heavy atom. The second-order valence-electron chi connectivity index (χ2n) is 9.33. The molecule has 2 aliphatic rings. The predicted octanol–water partition coefficient (Wildman–Crippen LogP) is 7.01. The summed E-state index contributed by atoms with van der Waals surface area (Å²) in [5.41, 5.74) is -2.75. The summed E-state index contributed by atoms with van der Waals surface area (Å²) in [6, 6.07) is 11.5. The van der Waals surface area contributed by atoms with Crippen molar-refractivity contribution < 1.29 is 32.0 Å². The number of nitrogens with one attached hydrogen (secondary N) is 1. The van der Waals surface area contributed by atoms with Gasteiger partial charge in [-0.1, -0.05) is 63.8 Å². The zero-order chi connectivity index (χ0) is 27.8. The maximum absolute atomic E-state index is 14.4. The summed E-state index contributed by atoms with van der Waals surface area (Å²) >= 11 is 11.6. The molecule has 1 unspecified atom stereocenters. The number of benzene rings is 3. The Bertz CT molecular complexity index is 1470.